The Kier molecular flexibility index (Phi) is 2.68. The van der Waals surface area contributed by atoms with Crippen molar-refractivity contribution < 1.29 is 0 Å². The molecule has 0 radical (unpaired) electrons. The third kappa shape index (κ3) is 2.11. The second-order valence-corrected chi connectivity index (χ2v) is 5.53. The molecule has 1 aromatic heterocycles. The highest BCUT2D eigenvalue weighted by molar-refractivity contribution is 7.11. The second-order valence-electron chi connectivity index (χ2n) is 4.27. The summed E-state index contributed by atoms with van der Waals surface area (Å²) in [7, 11) is 0. The average molecular weight is 195 g/mol. The Morgan fingerprint density at radius 3 is 2.54 bits per heavy atom. The van der Waals surface area contributed by atoms with Crippen molar-refractivity contribution in [2.45, 2.75) is 45.4 Å². The van der Waals surface area contributed by atoms with Crippen LogP contribution < -0.4 is 0 Å². The van der Waals surface area contributed by atoms with Crippen molar-refractivity contribution in [2.75, 3.05) is 0 Å². The largest absolute Gasteiger partial charge is 0.249 e. The monoisotopic (exact) mass is 195 g/mol. The molecular formula is C11H17NS. The van der Waals surface area contributed by atoms with Crippen molar-refractivity contribution in [2.24, 2.45) is 5.92 Å². The van der Waals surface area contributed by atoms with E-state index in [1.54, 1.807) is 0 Å². The molecule has 0 saturated heterocycles. The summed E-state index contributed by atoms with van der Waals surface area (Å²) < 4.78 is 0. The number of nitrogens with zero attached hydrogens (tertiary/aromatic N) is 1. The normalized spacial score (nSPS) is 29.1. The number of aromatic nitrogens is 1. The SMILES string of the molecule is Cc1cnc([C@H]2CC[C@H](C)CC2)s1. The summed E-state index contributed by atoms with van der Waals surface area (Å²) in [6.45, 7) is 4.51. The summed E-state index contributed by atoms with van der Waals surface area (Å²) in [5.74, 6) is 1.72. The molecule has 1 heterocycles. The summed E-state index contributed by atoms with van der Waals surface area (Å²) in [5.41, 5.74) is 0. The summed E-state index contributed by atoms with van der Waals surface area (Å²) >= 11 is 1.88. The lowest BCUT2D eigenvalue weighted by Gasteiger charge is -2.24. The molecule has 0 atom stereocenters. The Morgan fingerprint density at radius 2 is 2.00 bits per heavy atom. The molecule has 72 valence electrons. The van der Waals surface area contributed by atoms with E-state index in [0.717, 1.165) is 11.8 Å². The van der Waals surface area contributed by atoms with E-state index in [9.17, 15) is 0 Å². The highest BCUT2D eigenvalue weighted by Gasteiger charge is 2.21. The molecule has 0 aromatic carbocycles. The lowest BCUT2D eigenvalue weighted by molar-refractivity contribution is 0.347. The van der Waals surface area contributed by atoms with E-state index in [1.807, 2.05) is 17.5 Å². The van der Waals surface area contributed by atoms with Crippen LogP contribution in [0.3, 0.4) is 0 Å². The van der Waals surface area contributed by atoms with E-state index in [2.05, 4.69) is 18.8 Å². The molecule has 13 heavy (non-hydrogen) atoms. The van der Waals surface area contributed by atoms with Gasteiger partial charge in [0.05, 0.1) is 5.01 Å². The zero-order chi connectivity index (χ0) is 9.26. The van der Waals surface area contributed by atoms with Crippen molar-refractivity contribution in [3.05, 3.63) is 16.1 Å². The van der Waals surface area contributed by atoms with Gasteiger partial charge in [0.25, 0.3) is 0 Å². The van der Waals surface area contributed by atoms with Crippen LogP contribution in [-0.2, 0) is 0 Å². The van der Waals surface area contributed by atoms with Gasteiger partial charge in [-0.05, 0) is 25.7 Å². The third-order valence-electron chi connectivity index (χ3n) is 3.00. The third-order valence-corrected chi connectivity index (χ3v) is 4.08. The van der Waals surface area contributed by atoms with Crippen LogP contribution in [0.2, 0.25) is 0 Å². The van der Waals surface area contributed by atoms with E-state index in [1.165, 1.54) is 35.6 Å². The van der Waals surface area contributed by atoms with Gasteiger partial charge in [-0.1, -0.05) is 19.8 Å². The van der Waals surface area contributed by atoms with Crippen molar-refractivity contribution in [3.8, 4) is 0 Å². The van der Waals surface area contributed by atoms with E-state index >= 15 is 0 Å². The van der Waals surface area contributed by atoms with Crippen molar-refractivity contribution in [1.29, 1.82) is 0 Å². The molecule has 1 saturated carbocycles. The molecule has 2 heteroatoms. The number of rotatable bonds is 1. The molecule has 1 aromatic rings. The maximum absolute atomic E-state index is 4.48. The van der Waals surface area contributed by atoms with Gasteiger partial charge in [-0.3, -0.25) is 0 Å². The Balaban J connectivity index is 2.02. The van der Waals surface area contributed by atoms with Crippen LogP contribution in [0.4, 0.5) is 0 Å². The first kappa shape index (κ1) is 9.20. The minimum absolute atomic E-state index is 0.773. The van der Waals surface area contributed by atoms with E-state index in [-0.39, 0.29) is 0 Å². The molecule has 2 rings (SSSR count). The first-order valence-corrected chi connectivity index (χ1v) is 5.99. The Hall–Kier alpha value is -0.370. The molecule has 0 amide bonds. The molecule has 1 fully saturated rings. The highest BCUT2D eigenvalue weighted by atomic mass is 32.1. The summed E-state index contributed by atoms with van der Waals surface area (Å²) in [5, 5.41) is 1.38. The Bertz CT molecular complexity index is 271. The van der Waals surface area contributed by atoms with Gasteiger partial charge in [0.1, 0.15) is 0 Å². The minimum Gasteiger partial charge on any atom is -0.249 e. The minimum atomic E-state index is 0.773. The first-order valence-electron chi connectivity index (χ1n) is 5.18. The molecule has 0 spiro atoms. The molecule has 1 nitrogen and oxygen atoms in total. The maximum atomic E-state index is 4.48. The summed E-state index contributed by atoms with van der Waals surface area (Å²) in [6, 6.07) is 0. The number of aryl methyl sites for hydroxylation is 1. The van der Waals surface area contributed by atoms with Crippen LogP contribution in [0.15, 0.2) is 6.20 Å². The van der Waals surface area contributed by atoms with Crippen LogP contribution in [0.5, 0.6) is 0 Å². The quantitative estimate of drug-likeness (QED) is 0.665. The van der Waals surface area contributed by atoms with Gasteiger partial charge in [-0.15, -0.1) is 11.3 Å². The predicted octanol–water partition coefficient (Wildman–Crippen LogP) is 3.75. The second kappa shape index (κ2) is 3.79. The molecule has 0 unspecified atom stereocenters. The standard InChI is InChI=1S/C11H17NS/c1-8-3-5-10(6-4-8)11-12-7-9(2)13-11/h7-8,10H,3-6H2,1-2H3/t8-,10-. The van der Waals surface area contributed by atoms with Gasteiger partial charge < -0.3 is 0 Å². The van der Waals surface area contributed by atoms with Crippen LogP contribution in [0.1, 0.15) is 48.4 Å². The van der Waals surface area contributed by atoms with Gasteiger partial charge in [0.15, 0.2) is 0 Å². The Morgan fingerprint density at radius 1 is 1.31 bits per heavy atom. The lowest BCUT2D eigenvalue weighted by Crippen LogP contribution is -2.10. The molecule has 0 N–H and O–H groups in total. The van der Waals surface area contributed by atoms with E-state index in [4.69, 9.17) is 0 Å². The maximum Gasteiger partial charge on any atom is 0.0958 e. The fourth-order valence-corrected chi connectivity index (χ4v) is 3.01. The average Bonchev–Trinajstić information content (AvgIpc) is 2.53. The van der Waals surface area contributed by atoms with E-state index in [0.29, 0.717) is 0 Å². The molecule has 1 aliphatic rings. The van der Waals surface area contributed by atoms with Crippen molar-refractivity contribution in [3.63, 3.8) is 0 Å². The van der Waals surface area contributed by atoms with Gasteiger partial charge >= 0.3 is 0 Å². The zero-order valence-corrected chi connectivity index (χ0v) is 9.23. The Labute approximate surface area is 84.2 Å². The molecule has 0 bridgehead atoms. The van der Waals surface area contributed by atoms with Gasteiger partial charge in [0, 0.05) is 17.0 Å². The highest BCUT2D eigenvalue weighted by Crippen LogP contribution is 2.36. The predicted molar refractivity (Wildman–Crippen MR) is 57.2 cm³/mol. The zero-order valence-electron chi connectivity index (χ0n) is 8.42. The number of hydrogen-bond donors (Lipinski definition) is 0. The number of hydrogen-bond acceptors (Lipinski definition) is 2. The van der Waals surface area contributed by atoms with Crippen LogP contribution in [0.25, 0.3) is 0 Å². The fraction of sp³-hybridized carbons (Fsp3) is 0.727. The number of thiazole rings is 1. The van der Waals surface area contributed by atoms with Crippen molar-refractivity contribution >= 4 is 11.3 Å². The lowest BCUT2D eigenvalue weighted by atomic mass is 9.83. The molecule has 1 aliphatic carbocycles. The van der Waals surface area contributed by atoms with Gasteiger partial charge in [-0.25, -0.2) is 4.98 Å². The van der Waals surface area contributed by atoms with E-state index < -0.39 is 0 Å². The molecule has 0 aliphatic heterocycles. The van der Waals surface area contributed by atoms with Crippen LogP contribution in [0, 0.1) is 12.8 Å². The molecular weight excluding hydrogens is 178 g/mol. The summed E-state index contributed by atoms with van der Waals surface area (Å²) in [6.07, 6.45) is 7.51. The van der Waals surface area contributed by atoms with Gasteiger partial charge in [-0.2, -0.15) is 0 Å². The van der Waals surface area contributed by atoms with Crippen LogP contribution in [-0.4, -0.2) is 4.98 Å². The van der Waals surface area contributed by atoms with Crippen molar-refractivity contribution in [1.82, 2.24) is 4.98 Å². The smallest absolute Gasteiger partial charge is 0.0958 e. The van der Waals surface area contributed by atoms with Gasteiger partial charge in [0.2, 0.25) is 0 Å². The first-order chi connectivity index (χ1) is 6.25. The van der Waals surface area contributed by atoms with Crippen LogP contribution >= 0.6 is 11.3 Å². The topological polar surface area (TPSA) is 12.9 Å². The summed E-state index contributed by atoms with van der Waals surface area (Å²) in [4.78, 5) is 5.84. The fourth-order valence-electron chi connectivity index (χ4n) is 2.07.